The fraction of sp³-hybridized carbons (Fsp3) is 0.450. The minimum Gasteiger partial charge on any atom is -0.344 e. The largest absolute Gasteiger partial charge is 0.344 e. The Hall–Kier alpha value is -2.83. The standard InChI is InChI=1S/C20H21N7OS/c21-11-17-24-20(29-25-17)27-8-6-26(7-9-27)12-13-3-4-14-16(10-13)23-19(28)15-2-1-5-22-18(14)15/h3-4,10,15H,1-2,5-9,12H2,(H,23,28). The molecule has 3 aliphatic heterocycles. The minimum absolute atomic E-state index is 0.0792. The van der Waals surface area contributed by atoms with E-state index in [0.717, 1.165) is 74.2 Å². The number of piperazine rings is 1. The van der Waals surface area contributed by atoms with Crippen LogP contribution < -0.4 is 10.2 Å². The van der Waals surface area contributed by atoms with Crippen molar-refractivity contribution in [3.8, 4) is 6.07 Å². The molecule has 1 aromatic heterocycles. The summed E-state index contributed by atoms with van der Waals surface area (Å²) in [7, 11) is 0. The number of anilines is 2. The topological polar surface area (TPSA) is 97.5 Å². The number of nitrogens with zero attached hydrogens (tertiary/aromatic N) is 6. The lowest BCUT2D eigenvalue weighted by atomic mass is 9.85. The number of amides is 1. The molecular weight excluding hydrogens is 386 g/mol. The van der Waals surface area contributed by atoms with Crippen LogP contribution in [0.4, 0.5) is 10.8 Å². The SMILES string of the molecule is N#Cc1nsc(N2CCN(Cc3ccc4c(c3)NC(=O)C3CCCN=C43)CC2)n1. The predicted octanol–water partition coefficient (Wildman–Crippen LogP) is 1.88. The van der Waals surface area contributed by atoms with Crippen molar-refractivity contribution in [2.24, 2.45) is 10.9 Å². The van der Waals surface area contributed by atoms with E-state index >= 15 is 0 Å². The van der Waals surface area contributed by atoms with E-state index in [-0.39, 0.29) is 17.6 Å². The molecule has 0 aliphatic carbocycles. The minimum atomic E-state index is -0.0860. The Morgan fingerprint density at radius 1 is 1.28 bits per heavy atom. The van der Waals surface area contributed by atoms with Gasteiger partial charge in [-0.2, -0.15) is 14.6 Å². The van der Waals surface area contributed by atoms with Crippen LogP contribution in [0.3, 0.4) is 0 Å². The Labute approximate surface area is 173 Å². The number of hydrogen-bond donors (Lipinski definition) is 1. The van der Waals surface area contributed by atoms with Crippen LogP contribution >= 0.6 is 11.5 Å². The third-order valence-electron chi connectivity index (χ3n) is 5.76. The molecule has 148 valence electrons. The highest BCUT2D eigenvalue weighted by Crippen LogP contribution is 2.32. The second kappa shape index (κ2) is 7.54. The molecule has 1 unspecified atom stereocenters. The van der Waals surface area contributed by atoms with Crippen molar-refractivity contribution in [3.63, 3.8) is 0 Å². The number of benzene rings is 1. The summed E-state index contributed by atoms with van der Waals surface area (Å²) in [5.74, 6) is 0.237. The van der Waals surface area contributed by atoms with E-state index in [4.69, 9.17) is 5.26 Å². The molecule has 0 saturated carbocycles. The van der Waals surface area contributed by atoms with Gasteiger partial charge in [-0.3, -0.25) is 14.7 Å². The van der Waals surface area contributed by atoms with Gasteiger partial charge in [-0.15, -0.1) is 0 Å². The Morgan fingerprint density at radius 3 is 2.93 bits per heavy atom. The summed E-state index contributed by atoms with van der Waals surface area (Å²) in [6, 6.07) is 8.35. The zero-order valence-electron chi connectivity index (χ0n) is 16.0. The Morgan fingerprint density at radius 2 is 2.14 bits per heavy atom. The number of rotatable bonds is 3. The van der Waals surface area contributed by atoms with Gasteiger partial charge in [0, 0.05) is 56.4 Å². The lowest BCUT2D eigenvalue weighted by molar-refractivity contribution is -0.118. The quantitative estimate of drug-likeness (QED) is 0.834. The first-order valence-corrected chi connectivity index (χ1v) is 10.7. The number of carbonyl (C=O) groups excluding carboxylic acids is 1. The van der Waals surface area contributed by atoms with E-state index in [9.17, 15) is 4.79 Å². The number of aliphatic imine (C=N–C) groups is 1. The molecule has 0 spiro atoms. The second-order valence-corrected chi connectivity index (χ2v) is 8.34. The van der Waals surface area contributed by atoms with E-state index in [1.165, 1.54) is 17.1 Å². The van der Waals surface area contributed by atoms with Crippen molar-refractivity contribution in [1.82, 2.24) is 14.3 Å². The van der Waals surface area contributed by atoms with Gasteiger partial charge in [0.1, 0.15) is 6.07 Å². The number of nitrogens with one attached hydrogen (secondary N) is 1. The molecule has 1 atom stereocenters. The molecule has 0 radical (unpaired) electrons. The Bertz CT molecular complexity index is 1020. The zero-order chi connectivity index (χ0) is 19.8. The summed E-state index contributed by atoms with van der Waals surface area (Å²) in [5, 5.41) is 12.8. The summed E-state index contributed by atoms with van der Waals surface area (Å²) in [6.45, 7) is 5.21. The van der Waals surface area contributed by atoms with Gasteiger partial charge in [0.2, 0.25) is 16.9 Å². The van der Waals surface area contributed by atoms with Crippen molar-refractivity contribution in [3.05, 3.63) is 35.2 Å². The molecule has 4 heterocycles. The third kappa shape index (κ3) is 3.50. The normalized spacial score (nSPS) is 21.6. The maximum Gasteiger partial charge on any atom is 0.245 e. The number of aromatic nitrogens is 2. The lowest BCUT2D eigenvalue weighted by Gasteiger charge is -2.34. The van der Waals surface area contributed by atoms with Gasteiger partial charge in [0.25, 0.3) is 0 Å². The van der Waals surface area contributed by atoms with Gasteiger partial charge in [-0.05, 0) is 24.5 Å². The lowest BCUT2D eigenvalue weighted by Crippen LogP contribution is -2.46. The summed E-state index contributed by atoms with van der Waals surface area (Å²) in [5.41, 5.74) is 4.12. The molecule has 2 aromatic rings. The van der Waals surface area contributed by atoms with Gasteiger partial charge in [-0.25, -0.2) is 0 Å². The second-order valence-electron chi connectivity index (χ2n) is 7.61. The van der Waals surface area contributed by atoms with E-state index < -0.39 is 0 Å². The number of hydrogen-bond acceptors (Lipinski definition) is 8. The molecule has 1 saturated heterocycles. The van der Waals surface area contributed by atoms with E-state index in [2.05, 4.69) is 47.7 Å². The molecule has 3 aliphatic rings. The number of nitriles is 1. The van der Waals surface area contributed by atoms with Crippen LogP contribution in [-0.2, 0) is 11.3 Å². The van der Waals surface area contributed by atoms with Crippen LogP contribution in [0.1, 0.15) is 29.8 Å². The highest BCUT2D eigenvalue weighted by molar-refractivity contribution is 7.09. The number of carbonyl (C=O) groups is 1. The molecule has 8 nitrogen and oxygen atoms in total. The van der Waals surface area contributed by atoms with E-state index in [1.54, 1.807) is 0 Å². The predicted molar refractivity (Wildman–Crippen MR) is 111 cm³/mol. The summed E-state index contributed by atoms with van der Waals surface area (Å²) < 4.78 is 4.04. The van der Waals surface area contributed by atoms with Gasteiger partial charge in [0.05, 0.1) is 17.3 Å². The molecule has 9 heteroatoms. The zero-order valence-corrected chi connectivity index (χ0v) is 16.8. The summed E-state index contributed by atoms with van der Waals surface area (Å²) >= 11 is 1.28. The van der Waals surface area contributed by atoms with Gasteiger partial charge >= 0.3 is 0 Å². The van der Waals surface area contributed by atoms with Crippen molar-refractivity contribution >= 4 is 34.0 Å². The molecule has 29 heavy (non-hydrogen) atoms. The Kier molecular flexibility index (Phi) is 4.73. The molecular formula is C20H21N7OS. The first-order chi connectivity index (χ1) is 14.2. The first-order valence-electron chi connectivity index (χ1n) is 9.91. The van der Waals surface area contributed by atoms with Crippen LogP contribution in [0.15, 0.2) is 23.2 Å². The van der Waals surface area contributed by atoms with E-state index in [1.807, 2.05) is 6.07 Å². The average molecular weight is 408 g/mol. The van der Waals surface area contributed by atoms with Crippen LogP contribution in [0.25, 0.3) is 0 Å². The maximum absolute atomic E-state index is 12.4. The van der Waals surface area contributed by atoms with Gasteiger partial charge < -0.3 is 10.2 Å². The highest BCUT2D eigenvalue weighted by atomic mass is 32.1. The van der Waals surface area contributed by atoms with Crippen molar-refractivity contribution in [1.29, 1.82) is 5.26 Å². The van der Waals surface area contributed by atoms with Crippen molar-refractivity contribution in [2.45, 2.75) is 19.4 Å². The smallest absolute Gasteiger partial charge is 0.245 e. The maximum atomic E-state index is 12.4. The van der Waals surface area contributed by atoms with Gasteiger partial charge in [-0.1, -0.05) is 12.1 Å². The summed E-state index contributed by atoms with van der Waals surface area (Å²) in [6.07, 6.45) is 1.87. The molecule has 1 amide bonds. The van der Waals surface area contributed by atoms with E-state index in [0.29, 0.717) is 0 Å². The highest BCUT2D eigenvalue weighted by Gasteiger charge is 2.33. The molecule has 5 rings (SSSR count). The van der Waals surface area contributed by atoms with Crippen molar-refractivity contribution < 1.29 is 4.79 Å². The Balaban J connectivity index is 1.25. The fourth-order valence-electron chi connectivity index (χ4n) is 4.25. The number of fused-ring (bicyclic) bond motifs is 3. The van der Waals surface area contributed by atoms with Crippen LogP contribution in [0.2, 0.25) is 0 Å². The average Bonchev–Trinajstić information content (AvgIpc) is 3.24. The summed E-state index contributed by atoms with van der Waals surface area (Å²) in [4.78, 5) is 25.9. The monoisotopic (exact) mass is 407 g/mol. The third-order valence-corrected chi connectivity index (χ3v) is 6.54. The van der Waals surface area contributed by atoms with Crippen molar-refractivity contribution in [2.75, 3.05) is 42.9 Å². The molecule has 1 N–H and O–H groups in total. The first kappa shape index (κ1) is 18.2. The van der Waals surface area contributed by atoms with Crippen LogP contribution in [0.5, 0.6) is 0 Å². The molecule has 0 bridgehead atoms. The fourth-order valence-corrected chi connectivity index (χ4v) is 4.93. The van der Waals surface area contributed by atoms with Crippen LogP contribution in [0, 0.1) is 17.2 Å². The molecule has 1 fully saturated rings. The molecule has 1 aromatic carbocycles. The van der Waals surface area contributed by atoms with Gasteiger partial charge in [0.15, 0.2) is 0 Å². The van der Waals surface area contributed by atoms with Crippen LogP contribution in [-0.4, -0.2) is 58.6 Å².